The van der Waals surface area contributed by atoms with Crippen molar-refractivity contribution >= 4 is 11.7 Å². The summed E-state index contributed by atoms with van der Waals surface area (Å²) in [5, 5.41) is 3.03. The van der Waals surface area contributed by atoms with Crippen molar-refractivity contribution in [3.8, 4) is 5.75 Å². The van der Waals surface area contributed by atoms with Gasteiger partial charge < -0.3 is 15.0 Å². The molecule has 0 saturated carbocycles. The topological polar surface area (TPSA) is 44.8 Å². The number of hydrogen-bond acceptors (Lipinski definition) is 3. The fourth-order valence-corrected chi connectivity index (χ4v) is 4.64. The van der Waals surface area contributed by atoms with Gasteiger partial charge in [0.05, 0.1) is 0 Å². The van der Waals surface area contributed by atoms with Crippen molar-refractivity contribution in [1.29, 1.82) is 0 Å². The number of amides is 2. The smallest absolute Gasteiger partial charge is 0.322 e. The average Bonchev–Trinajstić information content (AvgIpc) is 3.34. The zero-order valence-electron chi connectivity index (χ0n) is 17.2. The van der Waals surface area contributed by atoms with E-state index in [0.717, 1.165) is 30.9 Å². The van der Waals surface area contributed by atoms with E-state index < -0.39 is 0 Å². The van der Waals surface area contributed by atoms with Crippen molar-refractivity contribution in [3.63, 3.8) is 0 Å². The third kappa shape index (κ3) is 4.01. The summed E-state index contributed by atoms with van der Waals surface area (Å²) in [6, 6.07) is 17.1. The van der Waals surface area contributed by atoms with Crippen molar-refractivity contribution in [2.24, 2.45) is 0 Å². The predicted octanol–water partition coefficient (Wildman–Crippen LogP) is 4.61. The van der Waals surface area contributed by atoms with Crippen molar-refractivity contribution in [2.45, 2.75) is 38.4 Å². The highest BCUT2D eigenvalue weighted by molar-refractivity contribution is 5.90. The van der Waals surface area contributed by atoms with Gasteiger partial charge in [0, 0.05) is 36.9 Å². The van der Waals surface area contributed by atoms with Gasteiger partial charge in [-0.15, -0.1) is 0 Å². The van der Waals surface area contributed by atoms with Gasteiger partial charge in [-0.3, -0.25) is 4.90 Å². The predicted molar refractivity (Wildman–Crippen MR) is 116 cm³/mol. The van der Waals surface area contributed by atoms with Gasteiger partial charge in [0.15, 0.2) is 0 Å². The number of aryl methyl sites for hydroxylation is 1. The van der Waals surface area contributed by atoms with E-state index in [1.54, 1.807) is 6.08 Å². The maximum atomic E-state index is 12.8. The summed E-state index contributed by atoms with van der Waals surface area (Å²) in [5.41, 5.74) is 3.50. The van der Waals surface area contributed by atoms with E-state index in [0.29, 0.717) is 18.7 Å². The van der Waals surface area contributed by atoms with Crippen LogP contribution in [0.3, 0.4) is 0 Å². The van der Waals surface area contributed by atoms with Crippen LogP contribution in [0.25, 0.3) is 0 Å². The molecule has 0 aliphatic carbocycles. The number of rotatable bonds is 6. The molecule has 29 heavy (non-hydrogen) atoms. The van der Waals surface area contributed by atoms with Gasteiger partial charge in [0.1, 0.15) is 12.4 Å². The van der Waals surface area contributed by atoms with E-state index in [4.69, 9.17) is 4.74 Å². The maximum absolute atomic E-state index is 12.8. The zero-order chi connectivity index (χ0) is 20.4. The second kappa shape index (κ2) is 8.29. The molecule has 0 spiro atoms. The minimum atomic E-state index is -0.0135. The summed E-state index contributed by atoms with van der Waals surface area (Å²) in [7, 11) is 0. The third-order valence-electron chi connectivity index (χ3n) is 6.15. The minimum absolute atomic E-state index is 0.0135. The molecule has 2 aromatic rings. The van der Waals surface area contributed by atoms with Crippen LogP contribution in [0.2, 0.25) is 0 Å². The Bertz CT molecular complexity index is 880. The molecule has 2 saturated heterocycles. The summed E-state index contributed by atoms with van der Waals surface area (Å²) in [6.45, 7) is 10.3. The normalized spacial score (nSPS) is 21.8. The molecule has 3 unspecified atom stereocenters. The molecule has 2 aliphatic heterocycles. The standard InChI is InChI=1S/C24H29N3O2/c1-4-13-29-22-11-9-19(10-12-22)25-24(28)27-16-20-14-21(27)15-26(20)18(3)23-8-6-5-7-17(23)2/h4-12,18,20-21H,1,13-16H2,2-3H3,(H,25,28). The number of carbonyl (C=O) groups excluding carboxylic acids is 1. The molecule has 0 aromatic heterocycles. The monoisotopic (exact) mass is 391 g/mol. The Morgan fingerprint density at radius 3 is 2.62 bits per heavy atom. The lowest BCUT2D eigenvalue weighted by Crippen LogP contribution is -2.50. The molecule has 5 heteroatoms. The van der Waals surface area contributed by atoms with Gasteiger partial charge in [-0.05, 0) is 55.7 Å². The lowest BCUT2D eigenvalue weighted by atomic mass is 10.0. The molecular formula is C24H29N3O2. The lowest BCUT2D eigenvalue weighted by Gasteiger charge is -2.38. The number of hydrogen-bond donors (Lipinski definition) is 1. The van der Waals surface area contributed by atoms with Crippen molar-refractivity contribution in [3.05, 3.63) is 72.3 Å². The molecule has 152 valence electrons. The molecular weight excluding hydrogens is 362 g/mol. The molecule has 2 aromatic carbocycles. The van der Waals surface area contributed by atoms with Crippen LogP contribution in [-0.2, 0) is 0 Å². The molecule has 4 rings (SSSR count). The number of urea groups is 1. The van der Waals surface area contributed by atoms with E-state index in [1.165, 1.54) is 11.1 Å². The van der Waals surface area contributed by atoms with E-state index in [2.05, 4.69) is 54.9 Å². The molecule has 3 atom stereocenters. The Kier molecular flexibility index (Phi) is 5.58. The van der Waals surface area contributed by atoms with Gasteiger partial charge in [0.2, 0.25) is 0 Å². The fourth-order valence-electron chi connectivity index (χ4n) is 4.64. The largest absolute Gasteiger partial charge is 0.490 e. The van der Waals surface area contributed by atoms with Crippen LogP contribution in [0, 0.1) is 6.92 Å². The van der Waals surface area contributed by atoms with E-state index in [-0.39, 0.29) is 12.1 Å². The third-order valence-corrected chi connectivity index (χ3v) is 6.15. The summed E-state index contributed by atoms with van der Waals surface area (Å²) < 4.78 is 5.49. The SMILES string of the molecule is C=CCOc1ccc(NC(=O)N2CC3CC2CN3C(C)c2ccccc2C)cc1. The summed E-state index contributed by atoms with van der Waals surface area (Å²) in [5.74, 6) is 0.768. The van der Waals surface area contributed by atoms with Crippen molar-refractivity contribution in [2.75, 3.05) is 25.0 Å². The quantitative estimate of drug-likeness (QED) is 0.732. The number of nitrogens with zero attached hydrogens (tertiary/aromatic N) is 2. The summed E-state index contributed by atoms with van der Waals surface area (Å²) >= 11 is 0. The number of carbonyl (C=O) groups is 1. The number of anilines is 1. The highest BCUT2D eigenvalue weighted by Gasteiger charge is 2.46. The van der Waals surface area contributed by atoms with Crippen LogP contribution in [0.15, 0.2) is 61.2 Å². The molecule has 0 radical (unpaired) electrons. The van der Waals surface area contributed by atoms with Crippen LogP contribution in [-0.4, -0.2) is 47.6 Å². The van der Waals surface area contributed by atoms with E-state index in [9.17, 15) is 4.79 Å². The highest BCUT2D eigenvalue weighted by Crippen LogP contribution is 2.37. The number of nitrogens with one attached hydrogen (secondary N) is 1. The zero-order valence-corrected chi connectivity index (χ0v) is 17.2. The van der Waals surface area contributed by atoms with Crippen molar-refractivity contribution in [1.82, 2.24) is 9.80 Å². The second-order valence-electron chi connectivity index (χ2n) is 7.98. The molecule has 1 N–H and O–H groups in total. The molecule has 2 bridgehead atoms. The lowest BCUT2D eigenvalue weighted by molar-refractivity contribution is 0.115. The number of ether oxygens (including phenoxy) is 1. The molecule has 2 aliphatic rings. The van der Waals surface area contributed by atoms with Crippen LogP contribution in [0.4, 0.5) is 10.5 Å². The van der Waals surface area contributed by atoms with Crippen LogP contribution < -0.4 is 10.1 Å². The number of benzene rings is 2. The van der Waals surface area contributed by atoms with Gasteiger partial charge >= 0.3 is 6.03 Å². The Morgan fingerprint density at radius 1 is 1.21 bits per heavy atom. The Hall–Kier alpha value is -2.79. The molecule has 2 heterocycles. The van der Waals surface area contributed by atoms with Gasteiger partial charge in [-0.1, -0.05) is 36.9 Å². The maximum Gasteiger partial charge on any atom is 0.322 e. The molecule has 2 fully saturated rings. The minimum Gasteiger partial charge on any atom is -0.490 e. The Labute approximate surface area is 173 Å². The van der Waals surface area contributed by atoms with Gasteiger partial charge in [-0.25, -0.2) is 4.79 Å². The van der Waals surface area contributed by atoms with E-state index >= 15 is 0 Å². The number of likely N-dealkylation sites (tertiary alicyclic amines) is 2. The Morgan fingerprint density at radius 2 is 1.97 bits per heavy atom. The second-order valence-corrected chi connectivity index (χ2v) is 7.98. The average molecular weight is 392 g/mol. The first-order chi connectivity index (χ1) is 14.1. The molecule has 2 amide bonds. The van der Waals surface area contributed by atoms with Crippen molar-refractivity contribution < 1.29 is 9.53 Å². The first-order valence-corrected chi connectivity index (χ1v) is 10.3. The van der Waals surface area contributed by atoms with Gasteiger partial charge in [0.25, 0.3) is 0 Å². The summed E-state index contributed by atoms with van der Waals surface area (Å²) in [4.78, 5) is 17.4. The highest BCUT2D eigenvalue weighted by atomic mass is 16.5. The first-order valence-electron chi connectivity index (χ1n) is 10.3. The summed E-state index contributed by atoms with van der Waals surface area (Å²) in [6.07, 6.45) is 2.76. The first kappa shape index (κ1) is 19.5. The van der Waals surface area contributed by atoms with Crippen LogP contribution in [0.5, 0.6) is 5.75 Å². The molecule has 5 nitrogen and oxygen atoms in total. The van der Waals surface area contributed by atoms with Crippen LogP contribution in [0.1, 0.15) is 30.5 Å². The number of fused-ring (bicyclic) bond motifs is 2. The van der Waals surface area contributed by atoms with Gasteiger partial charge in [-0.2, -0.15) is 0 Å². The Balaban J connectivity index is 1.35. The fraction of sp³-hybridized carbons (Fsp3) is 0.375. The van der Waals surface area contributed by atoms with Crippen LogP contribution >= 0.6 is 0 Å². The number of piperazine rings is 1. The van der Waals surface area contributed by atoms with E-state index in [1.807, 2.05) is 29.2 Å².